The van der Waals surface area contributed by atoms with Gasteiger partial charge in [0.25, 0.3) is 5.91 Å². The van der Waals surface area contributed by atoms with Crippen molar-refractivity contribution in [3.63, 3.8) is 0 Å². The van der Waals surface area contributed by atoms with Gasteiger partial charge in [-0.15, -0.1) is 0 Å². The Labute approximate surface area is 230 Å². The molecule has 0 spiro atoms. The van der Waals surface area contributed by atoms with Crippen LogP contribution in [-0.2, 0) is 27.3 Å². The van der Waals surface area contributed by atoms with Crippen LogP contribution in [0, 0.1) is 17.7 Å². The van der Waals surface area contributed by atoms with E-state index in [0.717, 1.165) is 19.4 Å². The summed E-state index contributed by atoms with van der Waals surface area (Å²) in [6.07, 6.45) is 1.63. The lowest BCUT2D eigenvalue weighted by molar-refractivity contribution is -0.148. The highest BCUT2D eigenvalue weighted by atomic mass is 19.1. The number of hydrogen-bond donors (Lipinski definition) is 5. The molecule has 5 rings (SSSR count). The summed E-state index contributed by atoms with van der Waals surface area (Å²) in [5.41, 5.74) is 1.30. The standard InChI is InChI=1S/C28H34FN3O8/c1-31(2)22-16-8-12-7-15-19(17(33)9-13(21(15)29)10-32-6-4-5-14(32)11-40-3)23(34)18(12)25(36)28(16,39)26(37)20(24(22)35)27(30)38/h9,12,14,16,22,33,35-36,39H,4-8,10-11H2,1-3H3,(H2,30,38)/t12-,14-,16-,22-,28-/m0/s1. The average Bonchev–Trinajstić information content (AvgIpc) is 3.30. The first-order chi connectivity index (χ1) is 18.8. The van der Waals surface area contributed by atoms with Gasteiger partial charge in [0.1, 0.15) is 28.7 Å². The van der Waals surface area contributed by atoms with Gasteiger partial charge in [0.2, 0.25) is 5.78 Å². The maximum absolute atomic E-state index is 16.0. The molecule has 6 N–H and O–H groups in total. The zero-order valence-corrected chi connectivity index (χ0v) is 22.6. The second-order valence-corrected chi connectivity index (χ2v) is 11.4. The largest absolute Gasteiger partial charge is 0.510 e. The van der Waals surface area contributed by atoms with Crippen LogP contribution in [0.1, 0.15) is 40.7 Å². The number of aliphatic hydroxyl groups excluding tert-OH is 2. The van der Waals surface area contributed by atoms with Gasteiger partial charge in [-0.1, -0.05) is 0 Å². The molecular formula is C28H34FN3O8. The second-order valence-electron chi connectivity index (χ2n) is 11.4. The topological polar surface area (TPSA) is 174 Å². The van der Waals surface area contributed by atoms with Gasteiger partial charge in [-0.25, -0.2) is 4.39 Å². The molecule has 0 radical (unpaired) electrons. The van der Waals surface area contributed by atoms with Crippen LogP contribution in [0.4, 0.5) is 4.39 Å². The average molecular weight is 560 g/mol. The fourth-order valence-electron chi connectivity index (χ4n) is 7.17. The zero-order valence-electron chi connectivity index (χ0n) is 22.6. The van der Waals surface area contributed by atoms with Crippen LogP contribution in [0.15, 0.2) is 28.7 Å². The van der Waals surface area contributed by atoms with Gasteiger partial charge in [-0.05, 0) is 58.3 Å². The highest BCUT2D eigenvalue weighted by molar-refractivity contribution is 6.24. The highest BCUT2D eigenvalue weighted by Gasteiger charge is 2.63. The maximum atomic E-state index is 16.0. The number of ether oxygens (including phenoxy) is 1. The molecule has 11 nitrogen and oxygen atoms in total. The number of rotatable bonds is 6. The SMILES string of the molecule is COC[C@@H]1CCCN1Cc1cc(O)c2c(c1F)C[C@H]1C[C@H]3[C@H](N(C)C)C(O)=C(C(N)=O)C(=O)[C@@]3(O)C(O)=C1C2=O. The van der Waals surface area contributed by atoms with Crippen LogP contribution in [0.25, 0.3) is 0 Å². The summed E-state index contributed by atoms with van der Waals surface area (Å²) in [6, 6.07) is 0.194. The van der Waals surface area contributed by atoms with E-state index in [-0.39, 0.29) is 47.7 Å². The van der Waals surface area contributed by atoms with Gasteiger partial charge in [0, 0.05) is 42.3 Å². The van der Waals surface area contributed by atoms with E-state index in [1.165, 1.54) is 11.0 Å². The maximum Gasteiger partial charge on any atom is 0.255 e. The molecule has 216 valence electrons. The van der Waals surface area contributed by atoms with Crippen LogP contribution < -0.4 is 5.73 Å². The Morgan fingerprint density at radius 3 is 2.60 bits per heavy atom. The van der Waals surface area contributed by atoms with E-state index in [9.17, 15) is 34.8 Å². The molecule has 12 heteroatoms. The number of aromatic hydroxyl groups is 1. The number of primary amides is 1. The van der Waals surface area contributed by atoms with E-state index in [1.807, 2.05) is 0 Å². The third-order valence-corrected chi connectivity index (χ3v) is 8.96. The number of benzene rings is 1. The Morgan fingerprint density at radius 2 is 1.98 bits per heavy atom. The number of hydrogen-bond acceptors (Lipinski definition) is 10. The van der Waals surface area contributed by atoms with Crippen molar-refractivity contribution in [2.45, 2.75) is 49.9 Å². The lowest BCUT2D eigenvalue weighted by Gasteiger charge is -2.50. The fraction of sp³-hybridized carbons (Fsp3) is 0.536. The van der Waals surface area contributed by atoms with E-state index in [0.29, 0.717) is 6.61 Å². The van der Waals surface area contributed by atoms with Crippen molar-refractivity contribution in [3.8, 4) is 5.75 Å². The summed E-state index contributed by atoms with van der Waals surface area (Å²) in [5.74, 6) is -8.25. The third kappa shape index (κ3) is 3.96. The van der Waals surface area contributed by atoms with Crippen LogP contribution in [-0.4, -0.2) is 99.7 Å². The summed E-state index contributed by atoms with van der Waals surface area (Å²) in [6.45, 7) is 1.43. The van der Waals surface area contributed by atoms with E-state index in [4.69, 9.17) is 10.5 Å². The van der Waals surface area contributed by atoms with Crippen LogP contribution in [0.2, 0.25) is 0 Å². The molecule has 3 aliphatic carbocycles. The van der Waals surface area contributed by atoms with Crippen molar-refractivity contribution in [1.29, 1.82) is 0 Å². The Morgan fingerprint density at radius 1 is 1.27 bits per heavy atom. The van der Waals surface area contributed by atoms with Crippen molar-refractivity contribution < 1.29 is 43.9 Å². The van der Waals surface area contributed by atoms with Gasteiger partial charge in [0.15, 0.2) is 11.4 Å². The number of nitrogens with two attached hydrogens (primary N) is 1. The number of ketones is 2. The Bertz CT molecular complexity index is 1370. The highest BCUT2D eigenvalue weighted by Crippen LogP contribution is 2.52. The number of fused-ring (bicyclic) bond motifs is 3. The van der Waals surface area contributed by atoms with Gasteiger partial charge < -0.3 is 30.9 Å². The number of amides is 1. The van der Waals surface area contributed by atoms with E-state index in [1.54, 1.807) is 21.2 Å². The first-order valence-corrected chi connectivity index (χ1v) is 13.2. The molecule has 1 amide bonds. The number of likely N-dealkylation sites (N-methyl/N-ethyl adjacent to an activating group) is 1. The molecule has 0 aromatic heterocycles. The lowest BCUT2D eigenvalue weighted by atomic mass is 9.58. The molecule has 1 saturated heterocycles. The summed E-state index contributed by atoms with van der Waals surface area (Å²) in [4.78, 5) is 42.6. The number of aliphatic hydroxyl groups is 3. The Kier molecular flexibility index (Phi) is 7.02. The summed E-state index contributed by atoms with van der Waals surface area (Å²) in [7, 11) is 4.70. The number of carbonyl (C=O) groups excluding carboxylic acids is 3. The molecule has 0 unspecified atom stereocenters. The molecule has 0 saturated carbocycles. The minimum absolute atomic E-state index is 0.00407. The second kappa shape index (κ2) is 9.95. The number of methoxy groups -OCH3 is 1. The number of halogens is 1. The number of carbonyl (C=O) groups is 3. The van der Waals surface area contributed by atoms with Crippen molar-refractivity contribution in [3.05, 3.63) is 51.2 Å². The number of phenolic OH excluding ortho intramolecular Hbond substituents is 1. The third-order valence-electron chi connectivity index (χ3n) is 8.96. The summed E-state index contributed by atoms with van der Waals surface area (Å²) >= 11 is 0. The molecule has 1 aliphatic heterocycles. The smallest absolute Gasteiger partial charge is 0.255 e. The monoisotopic (exact) mass is 559 g/mol. The van der Waals surface area contributed by atoms with Crippen molar-refractivity contribution in [2.75, 3.05) is 34.4 Å². The molecule has 1 aromatic rings. The van der Waals surface area contributed by atoms with Gasteiger partial charge in [-0.2, -0.15) is 0 Å². The van der Waals surface area contributed by atoms with Crippen LogP contribution in [0.3, 0.4) is 0 Å². The molecule has 1 aromatic carbocycles. The number of likely N-dealkylation sites (tertiary alicyclic amines) is 1. The first kappa shape index (κ1) is 28.2. The van der Waals surface area contributed by atoms with Crippen LogP contribution in [0.5, 0.6) is 5.75 Å². The minimum atomic E-state index is -2.73. The van der Waals surface area contributed by atoms with E-state index >= 15 is 4.39 Å². The molecule has 5 atom stereocenters. The normalized spacial score (nSPS) is 30.6. The quantitative estimate of drug-likeness (QED) is 0.315. The van der Waals surface area contributed by atoms with Crippen LogP contribution >= 0.6 is 0 Å². The molecule has 40 heavy (non-hydrogen) atoms. The lowest BCUT2D eigenvalue weighted by Crippen LogP contribution is -2.63. The van der Waals surface area contributed by atoms with Crippen molar-refractivity contribution in [2.24, 2.45) is 17.6 Å². The van der Waals surface area contributed by atoms with E-state index < -0.39 is 69.6 Å². The molecule has 1 heterocycles. The Balaban J connectivity index is 1.60. The molecule has 4 aliphatic rings. The fourth-order valence-corrected chi connectivity index (χ4v) is 7.17. The van der Waals surface area contributed by atoms with Crippen molar-refractivity contribution >= 4 is 17.5 Å². The van der Waals surface area contributed by atoms with Gasteiger partial charge >= 0.3 is 0 Å². The van der Waals surface area contributed by atoms with Gasteiger partial charge in [-0.3, -0.25) is 24.2 Å². The van der Waals surface area contributed by atoms with Gasteiger partial charge in [0.05, 0.1) is 18.2 Å². The summed E-state index contributed by atoms with van der Waals surface area (Å²) in [5, 5.41) is 44.7. The molecule has 0 bridgehead atoms. The molecular weight excluding hydrogens is 525 g/mol. The number of nitrogens with zero attached hydrogens (tertiary/aromatic N) is 2. The number of Topliss-reactive ketones (excluding diaryl/α,β-unsaturated/α-hetero) is 2. The predicted molar refractivity (Wildman–Crippen MR) is 139 cm³/mol. The molecule has 1 fully saturated rings. The number of allylic oxidation sites excluding steroid dienone is 1. The predicted octanol–water partition coefficient (Wildman–Crippen LogP) is 0.871. The number of phenols is 1. The Hall–Kier alpha value is -3.32. The van der Waals surface area contributed by atoms with Crippen molar-refractivity contribution in [1.82, 2.24) is 9.80 Å². The minimum Gasteiger partial charge on any atom is -0.510 e. The van der Waals surface area contributed by atoms with E-state index in [2.05, 4.69) is 4.90 Å². The first-order valence-electron chi connectivity index (χ1n) is 13.2. The summed E-state index contributed by atoms with van der Waals surface area (Å²) < 4.78 is 21.3. The zero-order chi connectivity index (χ0) is 29.3.